The molecule has 3 fully saturated rings. The normalized spacial score (nSPS) is 44.3. The fraction of sp³-hybridized carbons (Fsp3) is 0.897. The van der Waals surface area contributed by atoms with Gasteiger partial charge in [0.05, 0.1) is 0 Å². The van der Waals surface area contributed by atoms with Gasteiger partial charge in [-0.15, -0.1) is 0 Å². The van der Waals surface area contributed by atoms with Crippen molar-refractivity contribution in [3.8, 4) is 0 Å². The molecule has 182 valence electrons. The summed E-state index contributed by atoms with van der Waals surface area (Å²) < 4.78 is 5.40. The van der Waals surface area contributed by atoms with Crippen LogP contribution in [0.1, 0.15) is 112 Å². The van der Waals surface area contributed by atoms with E-state index in [2.05, 4.69) is 47.6 Å². The molecule has 0 aromatic carbocycles. The second-order valence-electron chi connectivity index (χ2n) is 13.2. The Morgan fingerprint density at radius 1 is 1.03 bits per heavy atom. The molecule has 2 unspecified atom stereocenters. The molecule has 0 aromatic rings. The highest BCUT2D eigenvalue weighted by Crippen LogP contribution is 2.72. The van der Waals surface area contributed by atoms with E-state index < -0.39 is 5.43 Å². The second-order valence-corrected chi connectivity index (χ2v) is 13.5. The Balaban J connectivity index is 1.52. The minimum absolute atomic E-state index is 0.0277. The van der Waals surface area contributed by atoms with E-state index in [0.29, 0.717) is 10.8 Å². The monoisotopic (exact) mass is 462 g/mol. The topological polar surface area (TPSA) is 26.3 Å². The summed E-state index contributed by atoms with van der Waals surface area (Å²) in [4.78, 5) is 11.3. The van der Waals surface area contributed by atoms with Gasteiger partial charge < -0.3 is 4.74 Å². The van der Waals surface area contributed by atoms with Crippen molar-refractivity contribution in [2.45, 2.75) is 118 Å². The van der Waals surface area contributed by atoms with E-state index in [1.54, 1.807) is 5.57 Å². The molecule has 3 heteroatoms. The molecule has 0 bridgehead atoms. The summed E-state index contributed by atoms with van der Waals surface area (Å²) in [5.74, 6) is 4.19. The minimum atomic E-state index is -0.646. The summed E-state index contributed by atoms with van der Waals surface area (Å²) in [5.41, 5.74) is 2.09. The molecule has 0 N–H and O–H groups in total. The molecule has 0 amide bonds. The molecule has 0 radical (unpaired) electrons. The van der Waals surface area contributed by atoms with Gasteiger partial charge >= 0.3 is 5.43 Å². The van der Waals surface area contributed by atoms with Gasteiger partial charge in [0.1, 0.15) is 6.10 Å². The average Bonchev–Trinajstić information content (AvgIpc) is 3.06. The van der Waals surface area contributed by atoms with Gasteiger partial charge in [-0.1, -0.05) is 72.5 Å². The number of hydrogen-bond donors (Lipinski definition) is 0. The summed E-state index contributed by atoms with van der Waals surface area (Å²) in [6.45, 7) is 15.1. The van der Waals surface area contributed by atoms with Crippen LogP contribution in [0.3, 0.4) is 0 Å². The van der Waals surface area contributed by atoms with Crippen molar-refractivity contribution < 1.29 is 9.53 Å². The maximum absolute atomic E-state index is 11.3. The van der Waals surface area contributed by atoms with Crippen LogP contribution in [-0.2, 0) is 4.74 Å². The van der Waals surface area contributed by atoms with Crippen LogP contribution in [0.5, 0.6) is 0 Å². The minimum Gasteiger partial charge on any atom is -0.450 e. The molecule has 4 aliphatic carbocycles. The number of allylic oxidation sites excluding steroid dienone is 1. The summed E-state index contributed by atoms with van der Waals surface area (Å²) in [6, 6.07) is 0. The van der Waals surface area contributed by atoms with Crippen LogP contribution < -0.4 is 0 Å². The molecule has 0 aliphatic heterocycles. The van der Waals surface area contributed by atoms with Gasteiger partial charge in [-0.05, 0) is 90.8 Å². The number of carbonyl (C=O) groups excluding carboxylic acids is 1. The standard InChI is InChI=1S/C29H47ClO2/c1-19(2)8-7-9-20(3)23-10-11-24-28(23,5)17-14-25-27(4)16-13-22(32-26(30)31)18-21(27)12-15-29(24,25)6/h12,19-20,22-25H,7-11,13-18H2,1-6H3/t20-,22?,23?,24-,25-,27+,28-,29+/m1/s1. The van der Waals surface area contributed by atoms with Gasteiger partial charge in [0.25, 0.3) is 0 Å². The summed E-state index contributed by atoms with van der Waals surface area (Å²) >= 11 is 5.54. The first-order valence-electron chi connectivity index (χ1n) is 13.6. The maximum atomic E-state index is 11.3. The Morgan fingerprint density at radius 3 is 2.47 bits per heavy atom. The van der Waals surface area contributed by atoms with Crippen LogP contribution >= 0.6 is 11.6 Å². The first-order chi connectivity index (χ1) is 15.0. The van der Waals surface area contributed by atoms with Crippen LogP contribution in [0, 0.1) is 45.8 Å². The van der Waals surface area contributed by atoms with E-state index in [4.69, 9.17) is 16.3 Å². The lowest BCUT2D eigenvalue weighted by Crippen LogP contribution is -2.56. The zero-order valence-electron chi connectivity index (χ0n) is 21.5. The van der Waals surface area contributed by atoms with Crippen molar-refractivity contribution in [1.82, 2.24) is 0 Å². The zero-order valence-corrected chi connectivity index (χ0v) is 22.3. The molecule has 8 atom stereocenters. The van der Waals surface area contributed by atoms with Gasteiger partial charge in [-0.3, -0.25) is 0 Å². The summed E-state index contributed by atoms with van der Waals surface area (Å²) in [7, 11) is 0. The summed E-state index contributed by atoms with van der Waals surface area (Å²) in [6.07, 6.45) is 16.5. The van der Waals surface area contributed by atoms with E-state index in [1.807, 2.05) is 0 Å². The number of rotatable bonds is 6. The lowest BCUT2D eigenvalue weighted by atomic mass is 9.41. The van der Waals surface area contributed by atoms with Crippen molar-refractivity contribution in [1.29, 1.82) is 0 Å². The van der Waals surface area contributed by atoms with Crippen molar-refractivity contribution >= 4 is 17.0 Å². The lowest BCUT2D eigenvalue weighted by molar-refractivity contribution is -0.114. The molecule has 0 aromatic heterocycles. The molecule has 0 saturated heterocycles. The molecule has 4 aliphatic rings. The molecule has 3 saturated carbocycles. The largest absolute Gasteiger partial charge is 0.450 e. The van der Waals surface area contributed by atoms with Crippen LogP contribution in [0.15, 0.2) is 11.6 Å². The van der Waals surface area contributed by atoms with Crippen LogP contribution in [0.2, 0.25) is 0 Å². The van der Waals surface area contributed by atoms with Gasteiger partial charge in [0.2, 0.25) is 0 Å². The second kappa shape index (κ2) is 8.94. The molecule has 0 heterocycles. The van der Waals surface area contributed by atoms with E-state index >= 15 is 0 Å². The van der Waals surface area contributed by atoms with Gasteiger partial charge in [0.15, 0.2) is 0 Å². The number of hydrogen-bond acceptors (Lipinski definition) is 2. The molecule has 0 spiro atoms. The fourth-order valence-electron chi connectivity index (χ4n) is 9.54. The van der Waals surface area contributed by atoms with Crippen LogP contribution in [-0.4, -0.2) is 11.5 Å². The maximum Gasteiger partial charge on any atom is 0.404 e. The van der Waals surface area contributed by atoms with Gasteiger partial charge in [0, 0.05) is 18.0 Å². The van der Waals surface area contributed by atoms with Crippen LogP contribution in [0.25, 0.3) is 0 Å². The third-order valence-corrected chi connectivity index (χ3v) is 11.2. The third kappa shape index (κ3) is 4.09. The van der Waals surface area contributed by atoms with E-state index in [1.165, 1.54) is 51.4 Å². The quantitative estimate of drug-likeness (QED) is 0.290. The third-order valence-electron chi connectivity index (χ3n) is 11.1. The predicted molar refractivity (Wildman–Crippen MR) is 134 cm³/mol. The Morgan fingerprint density at radius 2 is 1.78 bits per heavy atom. The predicted octanol–water partition coefficient (Wildman–Crippen LogP) is 9.16. The first-order valence-corrected chi connectivity index (χ1v) is 13.9. The molecule has 32 heavy (non-hydrogen) atoms. The molecular weight excluding hydrogens is 416 g/mol. The smallest absolute Gasteiger partial charge is 0.404 e. The Bertz CT molecular complexity index is 743. The summed E-state index contributed by atoms with van der Waals surface area (Å²) in [5, 5.41) is 0. The molecular formula is C29H47ClO2. The van der Waals surface area contributed by atoms with E-state index in [0.717, 1.165) is 48.9 Å². The van der Waals surface area contributed by atoms with E-state index in [-0.39, 0.29) is 11.5 Å². The average molecular weight is 463 g/mol. The Labute approximate surface area is 202 Å². The van der Waals surface area contributed by atoms with Gasteiger partial charge in [-0.2, -0.15) is 0 Å². The number of halogens is 1. The number of fused-ring (bicyclic) bond motifs is 5. The highest BCUT2D eigenvalue weighted by Gasteiger charge is 2.64. The SMILES string of the molecule is CC(C)CCC[C@@H](C)C1CC[C@H]2[C@]3(C)CC=C4CC(OC(=O)Cl)CC[C@]4(C)[C@H]3CC[C@]12C. The highest BCUT2D eigenvalue weighted by atomic mass is 35.5. The number of carbonyl (C=O) groups is 1. The first kappa shape index (κ1) is 24.6. The molecule has 4 rings (SSSR count). The van der Waals surface area contributed by atoms with Crippen molar-refractivity contribution in [3.05, 3.63) is 11.6 Å². The van der Waals surface area contributed by atoms with Crippen molar-refractivity contribution in [3.63, 3.8) is 0 Å². The van der Waals surface area contributed by atoms with Crippen molar-refractivity contribution in [2.24, 2.45) is 45.8 Å². The molecule has 2 nitrogen and oxygen atoms in total. The Kier molecular flexibility index (Phi) is 6.88. The van der Waals surface area contributed by atoms with Crippen molar-refractivity contribution in [2.75, 3.05) is 0 Å². The van der Waals surface area contributed by atoms with Crippen LogP contribution in [0.4, 0.5) is 4.79 Å². The Hall–Kier alpha value is -0.500. The highest BCUT2D eigenvalue weighted by molar-refractivity contribution is 6.61. The van der Waals surface area contributed by atoms with E-state index in [9.17, 15) is 4.79 Å². The lowest BCUT2D eigenvalue weighted by Gasteiger charge is -2.63. The number of ether oxygens (including phenoxy) is 1. The fourth-order valence-corrected chi connectivity index (χ4v) is 9.67. The van der Waals surface area contributed by atoms with Gasteiger partial charge in [-0.25, -0.2) is 4.79 Å². The zero-order chi connectivity index (χ0) is 23.3.